The summed E-state index contributed by atoms with van der Waals surface area (Å²) in [7, 11) is -2.87. The van der Waals surface area contributed by atoms with Crippen molar-refractivity contribution in [1.82, 2.24) is 9.78 Å². The molecule has 1 aliphatic rings. The highest BCUT2D eigenvalue weighted by molar-refractivity contribution is 9.10. The van der Waals surface area contributed by atoms with Gasteiger partial charge in [0.2, 0.25) is 0 Å². The lowest BCUT2D eigenvalue weighted by molar-refractivity contribution is 0.144. The number of aromatic nitrogens is 2. The van der Waals surface area contributed by atoms with Gasteiger partial charge >= 0.3 is 0 Å². The Morgan fingerprint density at radius 2 is 2.25 bits per heavy atom. The maximum atomic E-state index is 11.4. The van der Waals surface area contributed by atoms with Crippen LogP contribution in [0.3, 0.4) is 0 Å². The van der Waals surface area contributed by atoms with Gasteiger partial charge in [-0.05, 0) is 48.5 Å². The molecule has 0 radical (unpaired) electrons. The number of hydrogen-bond acceptors (Lipinski definition) is 4. The summed E-state index contributed by atoms with van der Waals surface area (Å²) in [5.74, 6) is 0.574. The van der Waals surface area contributed by atoms with E-state index in [0.29, 0.717) is 19.3 Å². The van der Waals surface area contributed by atoms with Gasteiger partial charge in [-0.3, -0.25) is 4.68 Å². The van der Waals surface area contributed by atoms with Crippen LogP contribution in [0.15, 0.2) is 4.47 Å². The van der Waals surface area contributed by atoms with Crippen LogP contribution in [0.1, 0.15) is 31.2 Å². The first-order chi connectivity index (χ1) is 9.32. The van der Waals surface area contributed by atoms with Crippen LogP contribution in [0, 0.1) is 12.8 Å². The summed E-state index contributed by atoms with van der Waals surface area (Å²) in [5.41, 5.74) is 1.90. The van der Waals surface area contributed by atoms with Gasteiger partial charge in [-0.15, -0.1) is 0 Å². The van der Waals surface area contributed by atoms with Crippen LogP contribution in [0.25, 0.3) is 0 Å². The van der Waals surface area contributed by atoms with Gasteiger partial charge in [0.15, 0.2) is 9.84 Å². The van der Waals surface area contributed by atoms with Gasteiger partial charge in [-0.2, -0.15) is 5.10 Å². The smallest absolute Gasteiger partial charge is 0.150 e. The Bertz CT molecular complexity index is 583. The SMILES string of the molecule is CCn1nc(C)c(Br)c1CC(O)CC1CCS(=O)(=O)C1. The number of halogens is 1. The van der Waals surface area contributed by atoms with Gasteiger partial charge in [0.25, 0.3) is 0 Å². The minimum Gasteiger partial charge on any atom is -0.393 e. The Hall–Kier alpha value is -0.400. The third kappa shape index (κ3) is 3.62. The van der Waals surface area contributed by atoms with E-state index in [0.717, 1.165) is 22.4 Å². The largest absolute Gasteiger partial charge is 0.393 e. The molecule has 114 valence electrons. The molecule has 2 rings (SSSR count). The average molecular weight is 365 g/mol. The first-order valence-corrected chi connectivity index (χ1v) is 9.54. The third-order valence-corrected chi connectivity index (χ3v) is 6.68. The zero-order chi connectivity index (χ0) is 14.9. The molecule has 1 N–H and O–H groups in total. The van der Waals surface area contributed by atoms with E-state index >= 15 is 0 Å². The minimum absolute atomic E-state index is 0.0906. The Balaban J connectivity index is 2.00. The van der Waals surface area contributed by atoms with Crippen molar-refractivity contribution in [2.75, 3.05) is 11.5 Å². The van der Waals surface area contributed by atoms with E-state index in [-0.39, 0.29) is 17.4 Å². The highest BCUT2D eigenvalue weighted by Gasteiger charge is 2.30. The molecule has 2 atom stereocenters. The highest BCUT2D eigenvalue weighted by atomic mass is 79.9. The molecule has 1 aromatic heterocycles. The molecule has 7 heteroatoms. The van der Waals surface area contributed by atoms with E-state index in [1.54, 1.807) is 0 Å². The number of aliphatic hydroxyl groups is 1. The van der Waals surface area contributed by atoms with Gasteiger partial charge in [-0.25, -0.2) is 8.42 Å². The standard InChI is InChI=1S/C13H21BrN2O3S/c1-3-16-12(13(14)9(2)15-16)7-11(17)6-10-4-5-20(18,19)8-10/h10-11,17H,3-8H2,1-2H3. The second-order valence-electron chi connectivity index (χ2n) is 5.52. The molecule has 20 heavy (non-hydrogen) atoms. The first kappa shape index (κ1) is 16.0. The van der Waals surface area contributed by atoms with Gasteiger partial charge in [0.05, 0.1) is 33.5 Å². The fraction of sp³-hybridized carbons (Fsp3) is 0.769. The van der Waals surface area contributed by atoms with Crippen molar-refractivity contribution in [1.29, 1.82) is 0 Å². The van der Waals surface area contributed by atoms with E-state index < -0.39 is 15.9 Å². The molecular formula is C13H21BrN2O3S. The number of rotatable bonds is 5. The summed E-state index contributed by atoms with van der Waals surface area (Å²) in [6, 6.07) is 0. The lowest BCUT2D eigenvalue weighted by Crippen LogP contribution is -2.19. The third-order valence-electron chi connectivity index (χ3n) is 3.81. The van der Waals surface area contributed by atoms with Crippen molar-refractivity contribution in [3.05, 3.63) is 15.9 Å². The van der Waals surface area contributed by atoms with Crippen molar-refractivity contribution in [2.45, 2.75) is 45.8 Å². The van der Waals surface area contributed by atoms with Crippen molar-refractivity contribution < 1.29 is 13.5 Å². The van der Waals surface area contributed by atoms with Crippen LogP contribution in [0.4, 0.5) is 0 Å². The summed E-state index contributed by atoms with van der Waals surface area (Å²) in [6.45, 7) is 4.69. The molecule has 2 heterocycles. The monoisotopic (exact) mass is 364 g/mol. The summed E-state index contributed by atoms with van der Waals surface area (Å²) in [5, 5.41) is 14.6. The second-order valence-corrected chi connectivity index (χ2v) is 8.55. The Kier molecular flexibility index (Phi) is 4.92. The zero-order valence-corrected chi connectivity index (χ0v) is 14.2. The first-order valence-electron chi connectivity index (χ1n) is 6.92. The lowest BCUT2D eigenvalue weighted by Gasteiger charge is -2.15. The van der Waals surface area contributed by atoms with Gasteiger partial charge in [0, 0.05) is 13.0 Å². The molecule has 2 unspecified atom stereocenters. The Labute approximate surface area is 128 Å². The van der Waals surface area contributed by atoms with E-state index in [9.17, 15) is 13.5 Å². The normalized spacial score (nSPS) is 23.1. The average Bonchev–Trinajstić information content (AvgIpc) is 2.83. The summed E-state index contributed by atoms with van der Waals surface area (Å²) in [6.07, 6.45) is 1.20. The predicted octanol–water partition coefficient (Wildman–Crippen LogP) is 1.70. The van der Waals surface area contributed by atoms with Crippen LogP contribution in [0.5, 0.6) is 0 Å². The van der Waals surface area contributed by atoms with Crippen LogP contribution >= 0.6 is 15.9 Å². The van der Waals surface area contributed by atoms with Crippen LogP contribution in [0.2, 0.25) is 0 Å². The fourth-order valence-electron chi connectivity index (χ4n) is 2.81. The summed E-state index contributed by atoms with van der Waals surface area (Å²) >= 11 is 3.51. The molecule has 1 aromatic rings. The minimum atomic E-state index is -2.87. The fourth-order valence-corrected chi connectivity index (χ4v) is 5.14. The number of aryl methyl sites for hydroxylation is 2. The summed E-state index contributed by atoms with van der Waals surface area (Å²) in [4.78, 5) is 0. The van der Waals surface area contributed by atoms with Crippen LogP contribution in [-0.4, -0.2) is 40.9 Å². The number of sulfone groups is 1. The van der Waals surface area contributed by atoms with Crippen molar-refractivity contribution in [2.24, 2.45) is 5.92 Å². The van der Waals surface area contributed by atoms with E-state index in [1.165, 1.54) is 0 Å². The molecule has 0 amide bonds. The van der Waals surface area contributed by atoms with Crippen LogP contribution < -0.4 is 0 Å². The highest BCUT2D eigenvalue weighted by Crippen LogP contribution is 2.27. The Morgan fingerprint density at radius 1 is 1.55 bits per heavy atom. The molecular weight excluding hydrogens is 344 g/mol. The van der Waals surface area contributed by atoms with E-state index in [2.05, 4.69) is 21.0 Å². The molecule has 1 saturated heterocycles. The molecule has 0 aromatic carbocycles. The van der Waals surface area contributed by atoms with Gasteiger partial charge < -0.3 is 5.11 Å². The molecule has 1 aliphatic heterocycles. The molecule has 0 saturated carbocycles. The molecule has 0 spiro atoms. The van der Waals surface area contributed by atoms with E-state index in [4.69, 9.17) is 0 Å². The molecule has 0 aliphatic carbocycles. The molecule has 5 nitrogen and oxygen atoms in total. The number of hydrogen-bond donors (Lipinski definition) is 1. The molecule has 0 bridgehead atoms. The van der Waals surface area contributed by atoms with Crippen LogP contribution in [-0.2, 0) is 22.8 Å². The lowest BCUT2D eigenvalue weighted by atomic mass is 9.98. The van der Waals surface area contributed by atoms with E-state index in [1.807, 2.05) is 18.5 Å². The number of aliphatic hydroxyl groups excluding tert-OH is 1. The maximum absolute atomic E-state index is 11.4. The van der Waals surface area contributed by atoms with Crippen molar-refractivity contribution in [3.63, 3.8) is 0 Å². The number of nitrogens with zero attached hydrogens (tertiary/aromatic N) is 2. The quantitative estimate of drug-likeness (QED) is 0.862. The zero-order valence-electron chi connectivity index (χ0n) is 11.8. The Morgan fingerprint density at radius 3 is 2.80 bits per heavy atom. The van der Waals surface area contributed by atoms with Gasteiger partial charge in [0.1, 0.15) is 0 Å². The molecule has 1 fully saturated rings. The topological polar surface area (TPSA) is 72.2 Å². The maximum Gasteiger partial charge on any atom is 0.150 e. The van der Waals surface area contributed by atoms with Crippen molar-refractivity contribution in [3.8, 4) is 0 Å². The van der Waals surface area contributed by atoms with Gasteiger partial charge in [-0.1, -0.05) is 0 Å². The summed E-state index contributed by atoms with van der Waals surface area (Å²) < 4.78 is 25.7. The van der Waals surface area contributed by atoms with Crippen molar-refractivity contribution >= 4 is 25.8 Å². The predicted molar refractivity (Wildman–Crippen MR) is 81.4 cm³/mol. The second kappa shape index (κ2) is 6.15.